The Labute approximate surface area is 124 Å². The third-order valence-corrected chi connectivity index (χ3v) is 3.14. The second kappa shape index (κ2) is 7.10. The number of carbonyl (C=O) groups is 2. The number of esters is 1. The number of hydrogen-bond donors (Lipinski definition) is 2. The highest BCUT2D eigenvalue weighted by atomic mass is 16.5. The fourth-order valence-electron chi connectivity index (χ4n) is 1.81. The van der Waals surface area contributed by atoms with Gasteiger partial charge in [0.1, 0.15) is 0 Å². The Morgan fingerprint density at radius 1 is 1.38 bits per heavy atom. The zero-order chi connectivity index (χ0) is 16.2. The number of hydrogen-bond acceptors (Lipinski definition) is 5. The molecule has 0 aliphatic heterocycles. The maximum absolute atomic E-state index is 12.1. The van der Waals surface area contributed by atoms with Crippen molar-refractivity contribution in [1.82, 2.24) is 15.1 Å². The molecule has 0 spiro atoms. The van der Waals surface area contributed by atoms with Crippen LogP contribution in [0.15, 0.2) is 0 Å². The van der Waals surface area contributed by atoms with Gasteiger partial charge >= 0.3 is 5.97 Å². The van der Waals surface area contributed by atoms with Crippen LogP contribution in [0.1, 0.15) is 43.4 Å². The maximum atomic E-state index is 12.1. The molecule has 1 atom stereocenters. The third kappa shape index (κ3) is 4.47. The van der Waals surface area contributed by atoms with E-state index in [-0.39, 0.29) is 17.3 Å². The average molecular weight is 296 g/mol. The fourth-order valence-corrected chi connectivity index (χ4v) is 1.81. The standard InChI is InChI=1S/C14H24N4O3/c1-8(2)6-7-16-13(19)10(4)21-14(20)12-11(15)9(3)17-18(12)5/h8,10H,6-7,15H2,1-5H3,(H,16,19). The molecule has 0 aromatic carbocycles. The zero-order valence-corrected chi connectivity index (χ0v) is 13.3. The zero-order valence-electron chi connectivity index (χ0n) is 13.3. The minimum atomic E-state index is -0.876. The molecular weight excluding hydrogens is 272 g/mol. The molecule has 3 N–H and O–H groups in total. The summed E-state index contributed by atoms with van der Waals surface area (Å²) in [6.45, 7) is 7.94. The molecule has 118 valence electrons. The summed E-state index contributed by atoms with van der Waals surface area (Å²) in [4.78, 5) is 23.9. The van der Waals surface area contributed by atoms with Crippen molar-refractivity contribution in [1.29, 1.82) is 0 Å². The predicted octanol–water partition coefficient (Wildman–Crippen LogP) is 1.02. The Kier molecular flexibility index (Phi) is 5.75. The SMILES string of the molecule is Cc1nn(C)c(C(=O)OC(C)C(=O)NCCC(C)C)c1N. The molecule has 1 aromatic rings. The van der Waals surface area contributed by atoms with Crippen LogP contribution >= 0.6 is 0 Å². The smallest absolute Gasteiger partial charge is 0.359 e. The van der Waals surface area contributed by atoms with Gasteiger partial charge in [-0.2, -0.15) is 5.10 Å². The van der Waals surface area contributed by atoms with Gasteiger partial charge in [0.05, 0.1) is 11.4 Å². The number of ether oxygens (including phenoxy) is 1. The summed E-state index contributed by atoms with van der Waals surface area (Å²) in [5.41, 5.74) is 6.77. The number of nitrogens with one attached hydrogen (secondary N) is 1. The maximum Gasteiger partial charge on any atom is 0.359 e. The highest BCUT2D eigenvalue weighted by Gasteiger charge is 2.24. The van der Waals surface area contributed by atoms with E-state index in [9.17, 15) is 9.59 Å². The molecule has 0 bridgehead atoms. The van der Waals surface area contributed by atoms with Crippen LogP contribution in [0, 0.1) is 12.8 Å². The topological polar surface area (TPSA) is 99.2 Å². The first kappa shape index (κ1) is 17.0. The molecule has 7 heteroatoms. The second-order valence-corrected chi connectivity index (χ2v) is 5.49. The number of nitrogens with zero attached hydrogens (tertiary/aromatic N) is 2. The van der Waals surface area contributed by atoms with E-state index in [0.717, 1.165) is 6.42 Å². The number of nitrogens with two attached hydrogens (primary N) is 1. The Hall–Kier alpha value is -2.05. The van der Waals surface area contributed by atoms with Gasteiger partial charge in [0.2, 0.25) is 0 Å². The Morgan fingerprint density at radius 2 is 2.00 bits per heavy atom. The molecule has 0 fully saturated rings. The van der Waals surface area contributed by atoms with Crippen molar-refractivity contribution in [2.75, 3.05) is 12.3 Å². The van der Waals surface area contributed by atoms with Crippen LogP contribution < -0.4 is 11.1 Å². The van der Waals surface area contributed by atoms with Crippen LogP contribution in [0.25, 0.3) is 0 Å². The van der Waals surface area contributed by atoms with Crippen LogP contribution in [0.4, 0.5) is 5.69 Å². The van der Waals surface area contributed by atoms with Crippen molar-refractivity contribution in [3.8, 4) is 0 Å². The molecule has 0 saturated heterocycles. The number of aryl methyl sites for hydroxylation is 2. The van der Waals surface area contributed by atoms with Crippen molar-refractivity contribution in [3.63, 3.8) is 0 Å². The van der Waals surface area contributed by atoms with E-state index in [1.165, 1.54) is 11.6 Å². The number of carbonyl (C=O) groups excluding carboxylic acids is 2. The lowest BCUT2D eigenvalue weighted by Crippen LogP contribution is -2.37. The largest absolute Gasteiger partial charge is 0.448 e. The Balaban J connectivity index is 2.59. The number of aromatic nitrogens is 2. The first-order valence-electron chi connectivity index (χ1n) is 7.01. The van der Waals surface area contributed by atoms with Crippen LogP contribution in [-0.2, 0) is 16.6 Å². The summed E-state index contributed by atoms with van der Waals surface area (Å²) in [5, 5.41) is 6.78. The highest BCUT2D eigenvalue weighted by molar-refractivity contribution is 5.95. The van der Waals surface area contributed by atoms with Crippen molar-refractivity contribution in [3.05, 3.63) is 11.4 Å². The highest BCUT2D eigenvalue weighted by Crippen LogP contribution is 2.16. The van der Waals surface area contributed by atoms with Gasteiger partial charge in [0, 0.05) is 13.6 Å². The van der Waals surface area contributed by atoms with Gasteiger partial charge in [-0.05, 0) is 26.2 Å². The molecule has 0 radical (unpaired) electrons. The van der Waals surface area contributed by atoms with Crippen LogP contribution in [0.2, 0.25) is 0 Å². The van der Waals surface area contributed by atoms with Crippen molar-refractivity contribution >= 4 is 17.6 Å². The number of nitrogen functional groups attached to an aromatic ring is 1. The van der Waals surface area contributed by atoms with Crippen molar-refractivity contribution in [2.45, 2.75) is 40.2 Å². The fraction of sp³-hybridized carbons (Fsp3) is 0.643. The lowest BCUT2D eigenvalue weighted by atomic mass is 10.1. The second-order valence-electron chi connectivity index (χ2n) is 5.49. The summed E-state index contributed by atoms with van der Waals surface area (Å²) in [6, 6.07) is 0. The summed E-state index contributed by atoms with van der Waals surface area (Å²) in [7, 11) is 1.60. The van der Waals surface area contributed by atoms with E-state index in [2.05, 4.69) is 24.3 Å². The lowest BCUT2D eigenvalue weighted by molar-refractivity contribution is -0.129. The number of anilines is 1. The van der Waals surface area contributed by atoms with E-state index < -0.39 is 12.1 Å². The predicted molar refractivity (Wildman–Crippen MR) is 79.7 cm³/mol. The molecular formula is C14H24N4O3. The molecule has 1 amide bonds. The molecule has 21 heavy (non-hydrogen) atoms. The van der Waals surface area contributed by atoms with E-state index >= 15 is 0 Å². The van der Waals surface area contributed by atoms with Gasteiger partial charge in [-0.15, -0.1) is 0 Å². The molecule has 0 aliphatic carbocycles. The molecule has 1 aromatic heterocycles. The van der Waals surface area contributed by atoms with Crippen LogP contribution in [-0.4, -0.2) is 34.3 Å². The lowest BCUT2D eigenvalue weighted by Gasteiger charge is -2.14. The monoisotopic (exact) mass is 296 g/mol. The van der Waals surface area contributed by atoms with E-state index in [1.807, 2.05) is 0 Å². The molecule has 0 aliphatic rings. The minimum absolute atomic E-state index is 0.161. The van der Waals surface area contributed by atoms with Crippen molar-refractivity contribution in [2.24, 2.45) is 13.0 Å². The minimum Gasteiger partial charge on any atom is -0.448 e. The molecule has 0 saturated carbocycles. The average Bonchev–Trinajstić information content (AvgIpc) is 2.62. The summed E-state index contributed by atoms with van der Waals surface area (Å²) >= 11 is 0. The first-order valence-corrected chi connectivity index (χ1v) is 7.01. The Bertz CT molecular complexity index is 523. The van der Waals surface area contributed by atoms with Gasteiger partial charge in [0.15, 0.2) is 11.8 Å². The number of amides is 1. The first-order chi connectivity index (χ1) is 9.73. The van der Waals surface area contributed by atoms with Gasteiger partial charge in [0.25, 0.3) is 5.91 Å². The van der Waals surface area contributed by atoms with E-state index in [1.54, 1.807) is 14.0 Å². The normalized spacial score (nSPS) is 12.3. The molecule has 7 nitrogen and oxygen atoms in total. The molecule has 1 heterocycles. The van der Waals surface area contributed by atoms with Crippen LogP contribution in [0.3, 0.4) is 0 Å². The van der Waals surface area contributed by atoms with E-state index in [0.29, 0.717) is 18.2 Å². The van der Waals surface area contributed by atoms with Gasteiger partial charge < -0.3 is 15.8 Å². The van der Waals surface area contributed by atoms with Crippen molar-refractivity contribution < 1.29 is 14.3 Å². The summed E-state index contributed by atoms with van der Waals surface area (Å²) in [5.74, 6) is -0.469. The van der Waals surface area contributed by atoms with E-state index in [4.69, 9.17) is 10.5 Å². The Morgan fingerprint density at radius 3 is 2.48 bits per heavy atom. The summed E-state index contributed by atoms with van der Waals surface area (Å²) < 4.78 is 6.50. The van der Waals surface area contributed by atoms with Gasteiger partial charge in [-0.3, -0.25) is 9.48 Å². The quantitative estimate of drug-likeness (QED) is 0.763. The summed E-state index contributed by atoms with van der Waals surface area (Å²) in [6.07, 6.45) is -0.000400. The molecule has 1 unspecified atom stereocenters. The van der Waals surface area contributed by atoms with Gasteiger partial charge in [-0.1, -0.05) is 13.8 Å². The number of rotatable bonds is 6. The molecule has 1 rings (SSSR count). The van der Waals surface area contributed by atoms with Gasteiger partial charge in [-0.25, -0.2) is 4.79 Å². The van der Waals surface area contributed by atoms with Crippen LogP contribution in [0.5, 0.6) is 0 Å². The third-order valence-electron chi connectivity index (χ3n) is 3.14.